The maximum absolute atomic E-state index is 4.19. The molecule has 60 valence electrons. The Morgan fingerprint density at radius 2 is 2.00 bits per heavy atom. The van der Waals surface area contributed by atoms with Crippen LogP contribution in [0.25, 0.3) is 0 Å². The van der Waals surface area contributed by atoms with Crippen LogP contribution in [0.3, 0.4) is 0 Å². The largest absolute Gasteiger partial charge is 0.336 e. The molecule has 0 bridgehead atoms. The summed E-state index contributed by atoms with van der Waals surface area (Å²) in [5.41, 5.74) is 1.02. The van der Waals surface area contributed by atoms with Gasteiger partial charge in [-0.25, -0.2) is 0 Å². The van der Waals surface area contributed by atoms with Crippen molar-refractivity contribution in [3.63, 3.8) is 0 Å². The van der Waals surface area contributed by atoms with Crippen molar-refractivity contribution in [2.75, 3.05) is 0 Å². The molecule has 1 rings (SSSR count). The van der Waals surface area contributed by atoms with E-state index in [1.54, 1.807) is 0 Å². The third kappa shape index (κ3) is 3.41. The topological polar surface area (TPSA) is 24.7 Å². The Morgan fingerprint density at radius 3 is 2.64 bits per heavy atom. The second kappa shape index (κ2) is 4.38. The average molecular weight is 187 g/mol. The fraction of sp³-hybridized carbons (Fsp3) is 0.375. The van der Waals surface area contributed by atoms with E-state index in [4.69, 9.17) is 0 Å². The van der Waals surface area contributed by atoms with Crippen molar-refractivity contribution in [1.82, 2.24) is 0 Å². The molecule has 0 saturated carbocycles. The third-order valence-corrected chi connectivity index (χ3v) is 1.23. The molecular formula is C8H11CrN2-. The van der Waals surface area contributed by atoms with Gasteiger partial charge in [-0.2, -0.15) is 12.0 Å². The van der Waals surface area contributed by atoms with E-state index >= 15 is 0 Å². The normalized spacial score (nSPS) is 16.5. The standard InChI is InChI=1S/C8H11N2.Cr/c1-6-4-7(2)10-8(3)9-5-6;/h4-5H,1-3H3;/q-1;. The molecule has 0 aromatic rings. The van der Waals surface area contributed by atoms with Gasteiger partial charge in [0.1, 0.15) is 5.84 Å². The number of nitrogens with zero attached hydrogens (tertiary/aromatic N) is 2. The van der Waals surface area contributed by atoms with Gasteiger partial charge in [-0.15, -0.1) is 12.6 Å². The quantitative estimate of drug-likeness (QED) is 0.518. The summed E-state index contributed by atoms with van der Waals surface area (Å²) in [6.45, 7) is 5.88. The summed E-state index contributed by atoms with van der Waals surface area (Å²) >= 11 is 0. The second-order valence-electron chi connectivity index (χ2n) is 2.45. The van der Waals surface area contributed by atoms with Gasteiger partial charge in [0.05, 0.1) is 0 Å². The average Bonchev–Trinajstić information content (AvgIpc) is 1.93. The van der Waals surface area contributed by atoms with Gasteiger partial charge in [0.2, 0.25) is 0 Å². The van der Waals surface area contributed by atoms with Crippen molar-refractivity contribution in [2.45, 2.75) is 20.8 Å². The minimum atomic E-state index is 0. The van der Waals surface area contributed by atoms with E-state index in [-0.39, 0.29) is 17.4 Å². The molecule has 0 radical (unpaired) electrons. The minimum absolute atomic E-state index is 0. The van der Waals surface area contributed by atoms with E-state index in [1.807, 2.05) is 33.1 Å². The van der Waals surface area contributed by atoms with Crippen molar-refractivity contribution in [1.29, 1.82) is 0 Å². The van der Waals surface area contributed by atoms with Crippen LogP contribution >= 0.6 is 0 Å². The van der Waals surface area contributed by atoms with E-state index < -0.39 is 0 Å². The molecule has 0 amide bonds. The maximum atomic E-state index is 4.19. The minimum Gasteiger partial charge on any atom is -0.336 e. The van der Waals surface area contributed by atoms with Gasteiger partial charge in [-0.3, -0.25) is 4.99 Å². The SMILES string of the molecule is CC1=C[C-](C)C=NC(C)=N1.[Cr]. The molecule has 0 unspecified atom stereocenters. The van der Waals surface area contributed by atoms with Gasteiger partial charge >= 0.3 is 0 Å². The first-order chi connectivity index (χ1) is 4.68. The number of hydrogen-bond donors (Lipinski definition) is 0. The van der Waals surface area contributed by atoms with Crippen molar-refractivity contribution in [2.24, 2.45) is 9.98 Å². The van der Waals surface area contributed by atoms with E-state index in [0.29, 0.717) is 0 Å². The maximum Gasteiger partial charge on any atom is 0.105 e. The van der Waals surface area contributed by atoms with Crippen molar-refractivity contribution in [3.05, 3.63) is 17.7 Å². The molecule has 1 aliphatic rings. The molecule has 0 saturated heterocycles. The van der Waals surface area contributed by atoms with Crippen LogP contribution in [0.15, 0.2) is 21.8 Å². The zero-order chi connectivity index (χ0) is 7.56. The molecule has 0 fully saturated rings. The third-order valence-electron chi connectivity index (χ3n) is 1.23. The summed E-state index contributed by atoms with van der Waals surface area (Å²) in [4.78, 5) is 8.28. The second-order valence-corrected chi connectivity index (χ2v) is 2.45. The first-order valence-electron chi connectivity index (χ1n) is 3.30. The Kier molecular flexibility index (Phi) is 4.17. The van der Waals surface area contributed by atoms with Crippen molar-refractivity contribution < 1.29 is 17.4 Å². The predicted molar refractivity (Wildman–Crippen MR) is 44.3 cm³/mol. The van der Waals surface area contributed by atoms with Gasteiger partial charge in [-0.05, 0) is 13.1 Å². The van der Waals surface area contributed by atoms with Crippen LogP contribution in [0.1, 0.15) is 20.8 Å². The molecule has 1 heterocycles. The van der Waals surface area contributed by atoms with Crippen molar-refractivity contribution in [3.8, 4) is 0 Å². The number of rotatable bonds is 0. The van der Waals surface area contributed by atoms with E-state index in [2.05, 4.69) is 9.98 Å². The summed E-state index contributed by atoms with van der Waals surface area (Å²) in [7, 11) is 0. The predicted octanol–water partition coefficient (Wildman–Crippen LogP) is 1.98. The Hall–Kier alpha value is -0.518. The Bertz CT molecular complexity index is 216. The molecule has 11 heavy (non-hydrogen) atoms. The first-order valence-corrected chi connectivity index (χ1v) is 3.30. The Labute approximate surface area is 78.3 Å². The Morgan fingerprint density at radius 1 is 1.36 bits per heavy atom. The molecule has 0 aromatic carbocycles. The molecule has 1 aliphatic heterocycles. The van der Waals surface area contributed by atoms with Gasteiger partial charge in [0, 0.05) is 17.4 Å². The number of allylic oxidation sites excluding steroid dienone is 2. The first kappa shape index (κ1) is 10.5. The summed E-state index contributed by atoms with van der Waals surface area (Å²) in [6, 6.07) is 0. The summed E-state index contributed by atoms with van der Waals surface area (Å²) in [6.07, 6.45) is 3.84. The zero-order valence-electron chi connectivity index (χ0n) is 6.96. The van der Waals surface area contributed by atoms with Crippen LogP contribution in [-0.4, -0.2) is 12.1 Å². The molecule has 0 spiro atoms. The fourth-order valence-electron chi connectivity index (χ4n) is 0.878. The van der Waals surface area contributed by atoms with Crippen LogP contribution in [0.2, 0.25) is 0 Å². The van der Waals surface area contributed by atoms with E-state index in [0.717, 1.165) is 17.5 Å². The number of aliphatic imine (C=N–C) groups is 2. The molecule has 0 atom stereocenters. The van der Waals surface area contributed by atoms with Gasteiger partial charge in [-0.1, -0.05) is 6.92 Å². The molecular weight excluding hydrogens is 176 g/mol. The van der Waals surface area contributed by atoms with E-state index in [9.17, 15) is 0 Å². The zero-order valence-corrected chi connectivity index (χ0v) is 8.23. The number of amidine groups is 1. The van der Waals surface area contributed by atoms with Crippen LogP contribution in [0.5, 0.6) is 0 Å². The van der Waals surface area contributed by atoms with Crippen molar-refractivity contribution >= 4 is 12.1 Å². The summed E-state index contributed by atoms with van der Waals surface area (Å²) < 4.78 is 0. The Balaban J connectivity index is 0.000001000. The molecule has 2 nitrogen and oxygen atoms in total. The monoisotopic (exact) mass is 187 g/mol. The molecule has 0 aromatic heterocycles. The van der Waals surface area contributed by atoms with Gasteiger partial charge in [0.15, 0.2) is 0 Å². The number of hydrogen-bond acceptors (Lipinski definition) is 2. The van der Waals surface area contributed by atoms with E-state index in [1.165, 1.54) is 0 Å². The van der Waals surface area contributed by atoms with Crippen LogP contribution in [-0.2, 0) is 17.4 Å². The molecule has 0 aliphatic carbocycles. The van der Waals surface area contributed by atoms with Gasteiger partial charge in [0.25, 0.3) is 0 Å². The van der Waals surface area contributed by atoms with Crippen LogP contribution in [0, 0.1) is 5.92 Å². The van der Waals surface area contributed by atoms with Gasteiger partial charge < -0.3 is 4.99 Å². The molecule has 3 heteroatoms. The van der Waals surface area contributed by atoms with Crippen LogP contribution < -0.4 is 0 Å². The summed E-state index contributed by atoms with van der Waals surface area (Å²) in [5, 5.41) is 0. The smallest absolute Gasteiger partial charge is 0.105 e. The fourth-order valence-corrected chi connectivity index (χ4v) is 0.878. The molecule has 0 N–H and O–H groups in total. The summed E-state index contributed by atoms with van der Waals surface area (Å²) in [5.74, 6) is 1.98. The van der Waals surface area contributed by atoms with Crippen LogP contribution in [0.4, 0.5) is 0 Å².